The van der Waals surface area contributed by atoms with Gasteiger partial charge in [0.25, 0.3) is 0 Å². The van der Waals surface area contributed by atoms with E-state index in [1.807, 2.05) is 12.1 Å². The summed E-state index contributed by atoms with van der Waals surface area (Å²) < 4.78 is 5.76. The quantitative estimate of drug-likeness (QED) is 0.571. The molecule has 0 aliphatic heterocycles. The van der Waals surface area contributed by atoms with Gasteiger partial charge in [-0.1, -0.05) is 51.7 Å². The Balaban J connectivity index is 1.49. The fourth-order valence-corrected chi connectivity index (χ4v) is 4.65. The lowest BCUT2D eigenvalue weighted by atomic mass is 9.79. The molecule has 0 N–H and O–H groups in total. The van der Waals surface area contributed by atoms with E-state index < -0.39 is 0 Å². The number of carbonyl (C=O) groups is 1. The minimum atomic E-state index is -0.136. The minimum absolute atomic E-state index is 0.125. The molecule has 0 amide bonds. The molecule has 2 aliphatic carbocycles. The van der Waals surface area contributed by atoms with Crippen molar-refractivity contribution in [2.75, 3.05) is 0 Å². The van der Waals surface area contributed by atoms with E-state index in [2.05, 4.69) is 26.0 Å². The van der Waals surface area contributed by atoms with E-state index in [1.165, 1.54) is 56.9 Å². The largest absolute Gasteiger partial charge is 0.459 e. The van der Waals surface area contributed by atoms with E-state index in [9.17, 15) is 4.79 Å². The maximum Gasteiger partial charge on any atom is 0.338 e. The molecule has 2 heteroatoms. The van der Waals surface area contributed by atoms with Crippen molar-refractivity contribution < 1.29 is 9.53 Å². The maximum atomic E-state index is 12.4. The Kier molecular flexibility index (Phi) is 6.56. The summed E-state index contributed by atoms with van der Waals surface area (Å²) in [7, 11) is 0. The van der Waals surface area contributed by atoms with Gasteiger partial charge in [0.2, 0.25) is 0 Å². The SMILES string of the molecule is CCCC1CCC(OC(=O)c2ccc(C3CCC(C)CC3)cc2)CC1. The molecular formula is C23H34O2. The summed E-state index contributed by atoms with van der Waals surface area (Å²) in [5, 5.41) is 0. The first-order valence-corrected chi connectivity index (χ1v) is 10.5. The van der Waals surface area contributed by atoms with Gasteiger partial charge in [-0.05, 0) is 74.0 Å². The Hall–Kier alpha value is -1.31. The highest BCUT2D eigenvalue weighted by molar-refractivity contribution is 5.89. The van der Waals surface area contributed by atoms with Gasteiger partial charge in [0.15, 0.2) is 0 Å². The Morgan fingerprint density at radius 1 is 0.960 bits per heavy atom. The molecule has 0 radical (unpaired) electrons. The van der Waals surface area contributed by atoms with Crippen LogP contribution in [0.4, 0.5) is 0 Å². The molecule has 0 aromatic heterocycles. The van der Waals surface area contributed by atoms with E-state index in [1.54, 1.807) is 0 Å². The van der Waals surface area contributed by atoms with E-state index in [0.29, 0.717) is 11.5 Å². The summed E-state index contributed by atoms with van der Waals surface area (Å²) in [6, 6.07) is 8.24. The van der Waals surface area contributed by atoms with Crippen molar-refractivity contribution in [3.8, 4) is 0 Å². The number of rotatable bonds is 5. The predicted octanol–water partition coefficient (Wildman–Crippen LogP) is 6.50. The third-order valence-corrected chi connectivity index (χ3v) is 6.40. The monoisotopic (exact) mass is 342 g/mol. The first-order chi connectivity index (χ1) is 12.2. The lowest BCUT2D eigenvalue weighted by Gasteiger charge is -2.28. The van der Waals surface area contributed by atoms with Crippen molar-refractivity contribution in [1.29, 1.82) is 0 Å². The van der Waals surface area contributed by atoms with Crippen molar-refractivity contribution in [1.82, 2.24) is 0 Å². The molecule has 1 aromatic rings. The van der Waals surface area contributed by atoms with Gasteiger partial charge in [0.05, 0.1) is 5.56 Å². The fourth-order valence-electron chi connectivity index (χ4n) is 4.65. The molecule has 0 saturated heterocycles. The molecule has 0 bridgehead atoms. The highest BCUT2D eigenvalue weighted by Crippen LogP contribution is 2.35. The maximum absolute atomic E-state index is 12.4. The van der Waals surface area contributed by atoms with E-state index in [-0.39, 0.29) is 12.1 Å². The smallest absolute Gasteiger partial charge is 0.338 e. The number of esters is 1. The van der Waals surface area contributed by atoms with Gasteiger partial charge in [-0.2, -0.15) is 0 Å². The molecule has 2 saturated carbocycles. The van der Waals surface area contributed by atoms with Crippen LogP contribution < -0.4 is 0 Å². The molecule has 0 heterocycles. The number of benzene rings is 1. The van der Waals surface area contributed by atoms with Gasteiger partial charge >= 0.3 is 5.97 Å². The lowest BCUT2D eigenvalue weighted by molar-refractivity contribution is 0.0161. The van der Waals surface area contributed by atoms with Gasteiger partial charge in [0.1, 0.15) is 6.10 Å². The third kappa shape index (κ3) is 5.09. The predicted molar refractivity (Wildman–Crippen MR) is 103 cm³/mol. The van der Waals surface area contributed by atoms with Gasteiger partial charge in [0, 0.05) is 0 Å². The van der Waals surface area contributed by atoms with Crippen LogP contribution in [-0.4, -0.2) is 12.1 Å². The summed E-state index contributed by atoms with van der Waals surface area (Å²) in [4.78, 5) is 12.4. The van der Waals surface area contributed by atoms with E-state index in [0.717, 1.165) is 24.7 Å². The van der Waals surface area contributed by atoms with Crippen molar-refractivity contribution in [2.45, 2.75) is 90.1 Å². The second kappa shape index (κ2) is 8.87. The van der Waals surface area contributed by atoms with Crippen LogP contribution in [0.3, 0.4) is 0 Å². The van der Waals surface area contributed by atoms with E-state index >= 15 is 0 Å². The Morgan fingerprint density at radius 3 is 2.20 bits per heavy atom. The number of ether oxygens (including phenoxy) is 1. The summed E-state index contributed by atoms with van der Waals surface area (Å²) in [5.41, 5.74) is 2.10. The van der Waals surface area contributed by atoms with Crippen molar-refractivity contribution >= 4 is 5.97 Å². The van der Waals surface area contributed by atoms with Crippen LogP contribution in [0, 0.1) is 11.8 Å². The normalized spacial score (nSPS) is 30.0. The molecule has 0 atom stereocenters. The van der Waals surface area contributed by atoms with Crippen LogP contribution in [0.25, 0.3) is 0 Å². The standard InChI is InChI=1S/C23H34O2/c1-3-4-18-7-15-22(16-8-18)25-23(24)21-13-11-20(12-14-21)19-9-5-17(2)6-10-19/h11-14,17-19,22H,3-10,15-16H2,1-2H3. The Labute approximate surface area is 153 Å². The zero-order chi connectivity index (χ0) is 17.6. The van der Waals surface area contributed by atoms with Crippen molar-refractivity contribution in [3.63, 3.8) is 0 Å². The minimum Gasteiger partial charge on any atom is -0.459 e. The number of carbonyl (C=O) groups excluding carboxylic acids is 1. The molecule has 138 valence electrons. The first kappa shape index (κ1) is 18.5. The molecule has 2 nitrogen and oxygen atoms in total. The van der Waals surface area contributed by atoms with Crippen molar-refractivity contribution in [3.05, 3.63) is 35.4 Å². The van der Waals surface area contributed by atoms with Crippen LogP contribution in [0.1, 0.15) is 99.9 Å². The zero-order valence-corrected chi connectivity index (χ0v) is 16.0. The third-order valence-electron chi connectivity index (χ3n) is 6.40. The molecule has 2 aliphatic rings. The van der Waals surface area contributed by atoms with Gasteiger partial charge in [-0.15, -0.1) is 0 Å². The highest BCUT2D eigenvalue weighted by Gasteiger charge is 2.24. The topological polar surface area (TPSA) is 26.3 Å². The molecule has 1 aromatic carbocycles. The molecular weight excluding hydrogens is 308 g/mol. The highest BCUT2D eigenvalue weighted by atomic mass is 16.5. The second-order valence-corrected chi connectivity index (χ2v) is 8.42. The van der Waals surface area contributed by atoms with E-state index in [4.69, 9.17) is 4.74 Å². The zero-order valence-electron chi connectivity index (χ0n) is 16.0. The average molecular weight is 343 g/mol. The lowest BCUT2D eigenvalue weighted by Crippen LogP contribution is -2.24. The van der Waals surface area contributed by atoms with Gasteiger partial charge in [-0.25, -0.2) is 4.79 Å². The molecule has 2 fully saturated rings. The summed E-state index contributed by atoms with van der Waals surface area (Å²) in [6.07, 6.45) is 12.4. The number of hydrogen-bond acceptors (Lipinski definition) is 2. The van der Waals surface area contributed by atoms with Crippen LogP contribution in [0.2, 0.25) is 0 Å². The van der Waals surface area contributed by atoms with Crippen molar-refractivity contribution in [2.24, 2.45) is 11.8 Å². The van der Waals surface area contributed by atoms with Crippen LogP contribution in [0.5, 0.6) is 0 Å². The first-order valence-electron chi connectivity index (χ1n) is 10.5. The molecule has 0 spiro atoms. The molecule has 25 heavy (non-hydrogen) atoms. The van der Waals surface area contributed by atoms with Crippen LogP contribution in [-0.2, 0) is 4.74 Å². The summed E-state index contributed by atoms with van der Waals surface area (Å²) in [5.74, 6) is 2.26. The second-order valence-electron chi connectivity index (χ2n) is 8.42. The van der Waals surface area contributed by atoms with Gasteiger partial charge < -0.3 is 4.74 Å². The summed E-state index contributed by atoms with van der Waals surface area (Å²) in [6.45, 7) is 4.61. The Morgan fingerprint density at radius 2 is 1.60 bits per heavy atom. The number of hydrogen-bond donors (Lipinski definition) is 0. The Bertz CT molecular complexity index is 532. The summed E-state index contributed by atoms with van der Waals surface area (Å²) >= 11 is 0. The van der Waals surface area contributed by atoms with Crippen LogP contribution in [0.15, 0.2) is 24.3 Å². The fraction of sp³-hybridized carbons (Fsp3) is 0.696. The molecule has 3 rings (SSSR count). The van der Waals surface area contributed by atoms with Crippen LogP contribution >= 0.6 is 0 Å². The molecule has 0 unspecified atom stereocenters. The van der Waals surface area contributed by atoms with Gasteiger partial charge in [-0.3, -0.25) is 0 Å². The average Bonchev–Trinajstić information content (AvgIpc) is 2.64.